The second-order valence-electron chi connectivity index (χ2n) is 5.95. The number of rotatable bonds is 5. The Bertz CT molecular complexity index is 878. The first-order valence-corrected chi connectivity index (χ1v) is 8.11. The summed E-state index contributed by atoms with van der Waals surface area (Å²) >= 11 is 0. The fraction of sp³-hybridized carbons (Fsp3) is 0.136. The summed E-state index contributed by atoms with van der Waals surface area (Å²) in [7, 11) is 1.60. The van der Waals surface area contributed by atoms with Gasteiger partial charge in [0.25, 0.3) is 0 Å². The van der Waals surface area contributed by atoms with Crippen LogP contribution in [-0.4, -0.2) is 12.9 Å². The van der Waals surface area contributed by atoms with Crippen LogP contribution in [0.15, 0.2) is 66.7 Å². The fourth-order valence-electron chi connectivity index (χ4n) is 2.62. The van der Waals surface area contributed by atoms with Crippen molar-refractivity contribution in [2.75, 3.05) is 7.11 Å². The van der Waals surface area contributed by atoms with Crippen molar-refractivity contribution in [1.29, 1.82) is 0 Å². The Kier molecular flexibility index (Phi) is 4.85. The van der Waals surface area contributed by atoms with Gasteiger partial charge in [-0.3, -0.25) is 4.79 Å². The molecule has 3 rings (SSSR count). The molecule has 0 amide bonds. The van der Waals surface area contributed by atoms with Crippen molar-refractivity contribution in [3.05, 3.63) is 89.0 Å². The molecule has 0 fully saturated rings. The lowest BCUT2D eigenvalue weighted by Crippen LogP contribution is -2.01. The standard InChI is InChI=1S/C22H20O3/c1-15-4-13-21(16(2)14-15)25-20-11-7-18(8-12-20)22(23)17-5-9-19(24-3)10-6-17/h4-14H,1-3H3. The lowest BCUT2D eigenvalue weighted by atomic mass is 10.0. The second kappa shape index (κ2) is 7.22. The minimum Gasteiger partial charge on any atom is -0.497 e. The van der Waals surface area contributed by atoms with Crippen LogP contribution < -0.4 is 9.47 Å². The Balaban J connectivity index is 1.75. The van der Waals surface area contributed by atoms with Crippen LogP contribution in [0.1, 0.15) is 27.0 Å². The van der Waals surface area contributed by atoms with Gasteiger partial charge in [-0.05, 0) is 74.0 Å². The highest BCUT2D eigenvalue weighted by atomic mass is 16.5. The summed E-state index contributed by atoms with van der Waals surface area (Å²) in [6.45, 7) is 4.07. The van der Waals surface area contributed by atoms with Crippen LogP contribution in [0.2, 0.25) is 0 Å². The maximum absolute atomic E-state index is 12.5. The van der Waals surface area contributed by atoms with E-state index in [4.69, 9.17) is 9.47 Å². The number of hydrogen-bond donors (Lipinski definition) is 0. The van der Waals surface area contributed by atoms with E-state index in [-0.39, 0.29) is 5.78 Å². The van der Waals surface area contributed by atoms with Crippen molar-refractivity contribution in [1.82, 2.24) is 0 Å². The van der Waals surface area contributed by atoms with Gasteiger partial charge in [-0.25, -0.2) is 0 Å². The molecule has 0 aliphatic rings. The summed E-state index contributed by atoms with van der Waals surface area (Å²) in [4.78, 5) is 12.5. The van der Waals surface area contributed by atoms with E-state index >= 15 is 0 Å². The summed E-state index contributed by atoms with van der Waals surface area (Å²) in [5.41, 5.74) is 3.53. The molecule has 0 saturated heterocycles. The molecule has 0 spiro atoms. The Morgan fingerprint density at radius 3 is 1.84 bits per heavy atom. The van der Waals surface area contributed by atoms with E-state index in [0.29, 0.717) is 16.9 Å². The van der Waals surface area contributed by atoms with Crippen LogP contribution in [0, 0.1) is 13.8 Å². The van der Waals surface area contributed by atoms with Gasteiger partial charge < -0.3 is 9.47 Å². The van der Waals surface area contributed by atoms with Gasteiger partial charge in [0.2, 0.25) is 0 Å². The SMILES string of the molecule is COc1ccc(C(=O)c2ccc(Oc3ccc(C)cc3C)cc2)cc1. The van der Waals surface area contributed by atoms with Crippen molar-refractivity contribution in [2.24, 2.45) is 0 Å². The molecule has 25 heavy (non-hydrogen) atoms. The number of hydrogen-bond acceptors (Lipinski definition) is 3. The third-order valence-corrected chi connectivity index (χ3v) is 4.03. The number of aryl methyl sites for hydroxylation is 2. The minimum absolute atomic E-state index is 0.0271. The van der Waals surface area contributed by atoms with Crippen molar-refractivity contribution < 1.29 is 14.3 Å². The molecule has 0 N–H and O–H groups in total. The first-order valence-electron chi connectivity index (χ1n) is 8.11. The molecule has 0 bridgehead atoms. The van der Waals surface area contributed by atoms with Crippen LogP contribution in [0.4, 0.5) is 0 Å². The van der Waals surface area contributed by atoms with Gasteiger partial charge in [-0.2, -0.15) is 0 Å². The van der Waals surface area contributed by atoms with Crippen LogP contribution in [0.5, 0.6) is 17.2 Å². The lowest BCUT2D eigenvalue weighted by Gasteiger charge is -2.10. The number of ketones is 1. The van der Waals surface area contributed by atoms with E-state index in [1.165, 1.54) is 5.56 Å². The van der Waals surface area contributed by atoms with Crippen molar-refractivity contribution in [3.63, 3.8) is 0 Å². The smallest absolute Gasteiger partial charge is 0.193 e. The predicted octanol–water partition coefficient (Wildman–Crippen LogP) is 5.34. The molecule has 0 aliphatic carbocycles. The number of carbonyl (C=O) groups excluding carboxylic acids is 1. The molecule has 0 radical (unpaired) electrons. The van der Waals surface area contributed by atoms with Crippen LogP contribution in [0.3, 0.4) is 0 Å². The normalized spacial score (nSPS) is 10.4. The van der Waals surface area contributed by atoms with E-state index in [1.54, 1.807) is 43.5 Å². The Hall–Kier alpha value is -3.07. The Morgan fingerprint density at radius 1 is 0.760 bits per heavy atom. The van der Waals surface area contributed by atoms with Crippen LogP contribution in [-0.2, 0) is 0 Å². The maximum Gasteiger partial charge on any atom is 0.193 e. The molecule has 0 unspecified atom stereocenters. The number of carbonyl (C=O) groups is 1. The van der Waals surface area contributed by atoms with Gasteiger partial charge in [-0.15, -0.1) is 0 Å². The second-order valence-corrected chi connectivity index (χ2v) is 5.95. The number of benzene rings is 3. The van der Waals surface area contributed by atoms with Crippen molar-refractivity contribution >= 4 is 5.78 Å². The average Bonchev–Trinajstić information content (AvgIpc) is 2.64. The molecule has 0 saturated carbocycles. The van der Waals surface area contributed by atoms with Gasteiger partial charge in [0.05, 0.1) is 7.11 Å². The molecule has 0 aromatic heterocycles. The van der Waals surface area contributed by atoms with Gasteiger partial charge in [0.1, 0.15) is 17.2 Å². The highest BCUT2D eigenvalue weighted by molar-refractivity contribution is 6.09. The third-order valence-electron chi connectivity index (χ3n) is 4.03. The van der Waals surface area contributed by atoms with E-state index in [2.05, 4.69) is 13.0 Å². The molecular weight excluding hydrogens is 312 g/mol. The van der Waals surface area contributed by atoms with Crippen LogP contribution in [0.25, 0.3) is 0 Å². The zero-order valence-corrected chi connectivity index (χ0v) is 14.6. The van der Waals surface area contributed by atoms with Gasteiger partial charge in [-0.1, -0.05) is 17.7 Å². The Labute approximate surface area is 147 Å². The summed E-state index contributed by atoms with van der Waals surface area (Å²) < 4.78 is 11.0. The van der Waals surface area contributed by atoms with E-state index in [0.717, 1.165) is 17.1 Å². The highest BCUT2D eigenvalue weighted by Crippen LogP contribution is 2.26. The van der Waals surface area contributed by atoms with Crippen molar-refractivity contribution in [2.45, 2.75) is 13.8 Å². The molecule has 0 heterocycles. The summed E-state index contributed by atoms with van der Waals surface area (Å²) in [5, 5.41) is 0. The minimum atomic E-state index is -0.0271. The van der Waals surface area contributed by atoms with Gasteiger partial charge in [0, 0.05) is 11.1 Å². The van der Waals surface area contributed by atoms with E-state index in [1.807, 2.05) is 31.2 Å². The molecule has 3 nitrogen and oxygen atoms in total. The first-order chi connectivity index (χ1) is 12.1. The molecule has 3 aromatic carbocycles. The fourth-order valence-corrected chi connectivity index (χ4v) is 2.62. The monoisotopic (exact) mass is 332 g/mol. The molecule has 3 aromatic rings. The van der Waals surface area contributed by atoms with E-state index in [9.17, 15) is 4.79 Å². The predicted molar refractivity (Wildman–Crippen MR) is 98.9 cm³/mol. The van der Waals surface area contributed by atoms with Crippen LogP contribution >= 0.6 is 0 Å². The summed E-state index contributed by atoms with van der Waals surface area (Å²) in [6.07, 6.45) is 0. The number of ether oxygens (including phenoxy) is 2. The lowest BCUT2D eigenvalue weighted by molar-refractivity contribution is 0.103. The summed E-state index contributed by atoms with van der Waals surface area (Å²) in [5.74, 6) is 2.23. The quantitative estimate of drug-likeness (QED) is 0.592. The van der Waals surface area contributed by atoms with Crippen molar-refractivity contribution in [3.8, 4) is 17.2 Å². The number of methoxy groups -OCH3 is 1. The molecule has 3 heteroatoms. The molecule has 0 atom stereocenters. The average molecular weight is 332 g/mol. The Morgan fingerprint density at radius 2 is 1.32 bits per heavy atom. The molecule has 0 aliphatic heterocycles. The molecule has 126 valence electrons. The zero-order chi connectivity index (χ0) is 17.8. The molecular formula is C22H20O3. The highest BCUT2D eigenvalue weighted by Gasteiger charge is 2.10. The topological polar surface area (TPSA) is 35.5 Å². The maximum atomic E-state index is 12.5. The largest absolute Gasteiger partial charge is 0.497 e. The van der Waals surface area contributed by atoms with Gasteiger partial charge >= 0.3 is 0 Å². The first kappa shape index (κ1) is 16.8. The summed E-state index contributed by atoms with van der Waals surface area (Å²) in [6, 6.07) is 20.4. The third kappa shape index (κ3) is 3.89. The zero-order valence-electron chi connectivity index (χ0n) is 14.6. The van der Waals surface area contributed by atoms with E-state index < -0.39 is 0 Å². The van der Waals surface area contributed by atoms with Gasteiger partial charge in [0.15, 0.2) is 5.78 Å².